The van der Waals surface area contributed by atoms with Gasteiger partial charge in [0.15, 0.2) is 11.4 Å². The number of nitrogens with zero attached hydrogens (tertiary/aromatic N) is 4. The molecular weight excluding hydrogens is 322 g/mol. The number of nitrogens with two attached hydrogens (primary N) is 1. The molecule has 3 heterocycles. The number of anilines is 1. The second-order valence-electron chi connectivity index (χ2n) is 5.37. The third-order valence-corrected chi connectivity index (χ3v) is 3.84. The number of hydrogen-bond donors (Lipinski definition) is 2. The van der Waals surface area contributed by atoms with Gasteiger partial charge in [-0.15, -0.1) is 5.10 Å². The van der Waals surface area contributed by atoms with Crippen molar-refractivity contribution in [3.8, 4) is 28.6 Å². The Morgan fingerprint density at radius 2 is 2.12 bits per heavy atom. The highest BCUT2D eigenvalue weighted by atomic mass is 16.5. The summed E-state index contributed by atoms with van der Waals surface area (Å²) in [6.45, 7) is -0.137. The summed E-state index contributed by atoms with van der Waals surface area (Å²) >= 11 is 0. The molecule has 0 unspecified atom stereocenters. The summed E-state index contributed by atoms with van der Waals surface area (Å²) in [6, 6.07) is 10.7. The summed E-state index contributed by atoms with van der Waals surface area (Å²) in [5.41, 5.74) is 8.67. The van der Waals surface area contributed by atoms with Gasteiger partial charge in [-0.1, -0.05) is 0 Å². The standard InChI is InChI=1S/C17H15N5O3/c1-24-13-5-4-10(7-11(13)9-23)12-8-15-20-16(14-3-2-6-25-14)21-22(15)17(18)19-12/h2-8,23H,9H2,1H3,(H2,18,19). The summed E-state index contributed by atoms with van der Waals surface area (Å²) in [5, 5.41) is 13.8. The van der Waals surface area contributed by atoms with Gasteiger partial charge in [-0.25, -0.2) is 9.97 Å². The van der Waals surface area contributed by atoms with Crippen LogP contribution in [0, 0.1) is 0 Å². The first-order valence-corrected chi connectivity index (χ1v) is 7.55. The molecule has 3 aromatic heterocycles. The predicted molar refractivity (Wildman–Crippen MR) is 90.8 cm³/mol. The number of aliphatic hydroxyl groups excluding tert-OH is 1. The highest BCUT2D eigenvalue weighted by Crippen LogP contribution is 2.27. The molecule has 8 nitrogen and oxygen atoms in total. The monoisotopic (exact) mass is 337 g/mol. The zero-order valence-corrected chi connectivity index (χ0v) is 13.4. The van der Waals surface area contributed by atoms with Gasteiger partial charge in [-0.05, 0) is 30.3 Å². The molecule has 25 heavy (non-hydrogen) atoms. The van der Waals surface area contributed by atoms with Crippen LogP contribution in [0.1, 0.15) is 5.56 Å². The molecule has 0 saturated carbocycles. The fraction of sp³-hybridized carbons (Fsp3) is 0.118. The van der Waals surface area contributed by atoms with Crippen molar-refractivity contribution in [1.82, 2.24) is 19.6 Å². The molecular formula is C17H15N5O3. The van der Waals surface area contributed by atoms with Crippen molar-refractivity contribution in [2.24, 2.45) is 0 Å². The van der Waals surface area contributed by atoms with Crippen LogP contribution in [0.2, 0.25) is 0 Å². The minimum Gasteiger partial charge on any atom is -0.496 e. The fourth-order valence-electron chi connectivity index (χ4n) is 2.63. The van der Waals surface area contributed by atoms with Crippen molar-refractivity contribution in [2.75, 3.05) is 12.8 Å². The van der Waals surface area contributed by atoms with E-state index in [1.165, 1.54) is 4.52 Å². The van der Waals surface area contributed by atoms with E-state index in [1.807, 2.05) is 6.07 Å². The minimum atomic E-state index is -0.137. The normalized spacial score (nSPS) is 11.1. The van der Waals surface area contributed by atoms with Gasteiger partial charge in [0.25, 0.3) is 0 Å². The number of rotatable bonds is 4. The van der Waals surface area contributed by atoms with Crippen LogP contribution in [0.4, 0.5) is 5.95 Å². The zero-order chi connectivity index (χ0) is 17.4. The number of fused-ring (bicyclic) bond motifs is 1. The molecule has 0 aliphatic heterocycles. The molecule has 0 aliphatic carbocycles. The van der Waals surface area contributed by atoms with Crippen LogP contribution in [0.15, 0.2) is 47.1 Å². The van der Waals surface area contributed by atoms with Crippen molar-refractivity contribution in [1.29, 1.82) is 0 Å². The first-order valence-electron chi connectivity index (χ1n) is 7.55. The van der Waals surface area contributed by atoms with Crippen LogP contribution in [-0.4, -0.2) is 31.8 Å². The lowest BCUT2D eigenvalue weighted by atomic mass is 10.1. The topological polar surface area (TPSA) is 112 Å². The van der Waals surface area contributed by atoms with E-state index in [-0.39, 0.29) is 12.6 Å². The third kappa shape index (κ3) is 2.58. The summed E-state index contributed by atoms with van der Waals surface area (Å²) in [6.07, 6.45) is 1.56. The summed E-state index contributed by atoms with van der Waals surface area (Å²) in [4.78, 5) is 8.82. The van der Waals surface area contributed by atoms with Crippen LogP contribution in [0.3, 0.4) is 0 Å². The van der Waals surface area contributed by atoms with Crippen LogP contribution in [0.25, 0.3) is 28.5 Å². The first kappa shape index (κ1) is 15.2. The molecule has 8 heteroatoms. The van der Waals surface area contributed by atoms with Gasteiger partial charge in [-0.3, -0.25) is 0 Å². The molecule has 0 radical (unpaired) electrons. The van der Waals surface area contributed by atoms with E-state index < -0.39 is 0 Å². The highest BCUT2D eigenvalue weighted by Gasteiger charge is 2.14. The quantitative estimate of drug-likeness (QED) is 0.586. The van der Waals surface area contributed by atoms with Gasteiger partial charge >= 0.3 is 0 Å². The number of ether oxygens (including phenoxy) is 1. The molecule has 0 bridgehead atoms. The van der Waals surface area contributed by atoms with Crippen molar-refractivity contribution < 1.29 is 14.3 Å². The summed E-state index contributed by atoms with van der Waals surface area (Å²) in [7, 11) is 1.56. The van der Waals surface area contributed by atoms with E-state index in [0.717, 1.165) is 5.56 Å². The Morgan fingerprint density at radius 3 is 2.84 bits per heavy atom. The second kappa shape index (κ2) is 5.91. The van der Waals surface area contributed by atoms with Gasteiger partial charge in [0.05, 0.1) is 25.7 Å². The largest absolute Gasteiger partial charge is 0.496 e. The fourth-order valence-corrected chi connectivity index (χ4v) is 2.63. The van der Waals surface area contributed by atoms with E-state index in [0.29, 0.717) is 34.2 Å². The maximum Gasteiger partial charge on any atom is 0.223 e. The SMILES string of the molecule is COc1ccc(-c2cc3nc(-c4ccco4)nn3c(N)n2)cc1CO. The Hall–Kier alpha value is -3.39. The van der Waals surface area contributed by atoms with E-state index in [1.54, 1.807) is 43.7 Å². The maximum absolute atomic E-state index is 9.49. The Balaban J connectivity index is 1.83. The molecule has 4 aromatic rings. The van der Waals surface area contributed by atoms with Crippen LogP contribution < -0.4 is 10.5 Å². The number of aliphatic hydroxyl groups is 1. The lowest BCUT2D eigenvalue weighted by Gasteiger charge is -2.09. The molecule has 126 valence electrons. The molecule has 0 amide bonds. The van der Waals surface area contributed by atoms with E-state index in [9.17, 15) is 5.11 Å². The van der Waals surface area contributed by atoms with Gasteiger partial charge in [0.1, 0.15) is 5.75 Å². The molecule has 3 N–H and O–H groups in total. The van der Waals surface area contributed by atoms with Crippen LogP contribution in [-0.2, 0) is 6.61 Å². The number of aromatic nitrogens is 4. The summed E-state index contributed by atoms with van der Waals surface area (Å²) in [5.74, 6) is 1.81. The van der Waals surface area contributed by atoms with Gasteiger partial charge in [-0.2, -0.15) is 4.52 Å². The Kier molecular flexibility index (Phi) is 3.58. The molecule has 1 aromatic carbocycles. The number of methoxy groups -OCH3 is 1. The van der Waals surface area contributed by atoms with Crippen molar-refractivity contribution in [3.05, 3.63) is 48.2 Å². The number of hydrogen-bond acceptors (Lipinski definition) is 7. The minimum absolute atomic E-state index is 0.137. The predicted octanol–water partition coefficient (Wildman–Crippen LogP) is 2.13. The Labute approximate surface area is 142 Å². The Bertz CT molecular complexity index is 1040. The molecule has 0 spiro atoms. The first-order chi connectivity index (χ1) is 12.2. The van der Waals surface area contributed by atoms with Crippen molar-refractivity contribution >= 4 is 11.6 Å². The lowest BCUT2D eigenvalue weighted by molar-refractivity contribution is 0.274. The average molecular weight is 337 g/mol. The van der Waals surface area contributed by atoms with Gasteiger partial charge in [0, 0.05) is 17.2 Å². The third-order valence-electron chi connectivity index (χ3n) is 3.84. The highest BCUT2D eigenvalue weighted by molar-refractivity contribution is 5.68. The Morgan fingerprint density at radius 1 is 1.24 bits per heavy atom. The average Bonchev–Trinajstić information content (AvgIpc) is 3.30. The number of furan rings is 1. The lowest BCUT2D eigenvalue weighted by Crippen LogP contribution is -2.03. The molecule has 0 atom stereocenters. The second-order valence-corrected chi connectivity index (χ2v) is 5.37. The molecule has 0 saturated heterocycles. The summed E-state index contributed by atoms with van der Waals surface area (Å²) < 4.78 is 12.0. The molecule has 0 aliphatic rings. The molecule has 0 fully saturated rings. The molecule has 4 rings (SSSR count). The smallest absolute Gasteiger partial charge is 0.223 e. The van der Waals surface area contributed by atoms with Gasteiger partial charge < -0.3 is 20.0 Å². The van der Waals surface area contributed by atoms with Crippen molar-refractivity contribution in [3.63, 3.8) is 0 Å². The van der Waals surface area contributed by atoms with Crippen LogP contribution >= 0.6 is 0 Å². The van der Waals surface area contributed by atoms with E-state index in [4.69, 9.17) is 14.9 Å². The van der Waals surface area contributed by atoms with E-state index >= 15 is 0 Å². The maximum atomic E-state index is 9.49. The zero-order valence-electron chi connectivity index (χ0n) is 13.4. The van der Waals surface area contributed by atoms with E-state index in [2.05, 4.69) is 15.1 Å². The van der Waals surface area contributed by atoms with Gasteiger partial charge in [0.2, 0.25) is 11.8 Å². The van der Waals surface area contributed by atoms with Crippen LogP contribution in [0.5, 0.6) is 5.75 Å². The number of benzene rings is 1. The van der Waals surface area contributed by atoms with Crippen molar-refractivity contribution in [2.45, 2.75) is 6.61 Å². The number of nitrogen functional groups attached to an aromatic ring is 1.